The van der Waals surface area contributed by atoms with Gasteiger partial charge < -0.3 is 5.11 Å². The third kappa shape index (κ3) is 3.46. The summed E-state index contributed by atoms with van der Waals surface area (Å²) in [5, 5.41) is 12.6. The van der Waals surface area contributed by atoms with E-state index in [0.717, 1.165) is 19.6 Å². The van der Waals surface area contributed by atoms with Crippen LogP contribution >= 0.6 is 0 Å². The van der Waals surface area contributed by atoms with E-state index in [0.29, 0.717) is 19.4 Å². The molecule has 1 aromatic rings. The van der Waals surface area contributed by atoms with Crippen molar-refractivity contribution in [3.8, 4) is 0 Å². The van der Waals surface area contributed by atoms with Crippen molar-refractivity contribution in [2.75, 3.05) is 19.6 Å². The van der Waals surface area contributed by atoms with Gasteiger partial charge in [0.2, 0.25) is 0 Å². The van der Waals surface area contributed by atoms with Gasteiger partial charge in [-0.1, -0.05) is 36.4 Å². The molecule has 1 saturated heterocycles. The summed E-state index contributed by atoms with van der Waals surface area (Å²) in [4.78, 5) is 13.8. The van der Waals surface area contributed by atoms with E-state index in [2.05, 4.69) is 28.9 Å². The Labute approximate surface area is 120 Å². The second kappa shape index (κ2) is 6.68. The Morgan fingerprint density at radius 3 is 2.55 bits per heavy atom. The van der Waals surface area contributed by atoms with Crippen LogP contribution in [0.4, 0.5) is 0 Å². The molecule has 0 spiro atoms. The van der Waals surface area contributed by atoms with Gasteiger partial charge in [-0.3, -0.25) is 15.0 Å². The van der Waals surface area contributed by atoms with Crippen molar-refractivity contribution >= 4 is 5.97 Å². The van der Waals surface area contributed by atoms with Crippen LogP contribution in [0.15, 0.2) is 43.0 Å². The molecule has 0 saturated carbocycles. The van der Waals surface area contributed by atoms with E-state index in [1.54, 1.807) is 6.08 Å². The third-order valence-electron chi connectivity index (χ3n) is 3.95. The Hall–Kier alpha value is -1.65. The summed E-state index contributed by atoms with van der Waals surface area (Å²) in [6.07, 6.45) is 2.97. The minimum absolute atomic E-state index is 0.533. The van der Waals surface area contributed by atoms with Crippen LogP contribution in [0.25, 0.3) is 0 Å². The van der Waals surface area contributed by atoms with Gasteiger partial charge in [-0.05, 0) is 18.4 Å². The Balaban J connectivity index is 1.93. The van der Waals surface area contributed by atoms with E-state index in [9.17, 15) is 9.90 Å². The van der Waals surface area contributed by atoms with Gasteiger partial charge in [-0.2, -0.15) is 0 Å². The second-order valence-corrected chi connectivity index (χ2v) is 5.32. The van der Waals surface area contributed by atoms with E-state index in [-0.39, 0.29) is 0 Å². The van der Waals surface area contributed by atoms with E-state index in [1.807, 2.05) is 18.2 Å². The number of hydrogen-bond acceptors (Lipinski definition) is 3. The number of likely N-dealkylation sites (tertiary alicyclic amines) is 1. The van der Waals surface area contributed by atoms with Gasteiger partial charge >= 0.3 is 5.97 Å². The van der Waals surface area contributed by atoms with Crippen LogP contribution in [0.2, 0.25) is 0 Å². The van der Waals surface area contributed by atoms with Gasteiger partial charge in [0.15, 0.2) is 0 Å². The highest BCUT2D eigenvalue weighted by Crippen LogP contribution is 2.24. The number of carboxylic acids is 1. The summed E-state index contributed by atoms with van der Waals surface area (Å²) in [5.74, 6) is -0.751. The molecule has 0 radical (unpaired) electrons. The number of nitrogens with one attached hydrogen (secondary N) is 1. The number of carbonyl (C=O) groups is 1. The first-order valence-corrected chi connectivity index (χ1v) is 7.02. The molecular formula is C16H22N2O2. The molecule has 2 N–H and O–H groups in total. The molecule has 108 valence electrons. The van der Waals surface area contributed by atoms with Gasteiger partial charge in [0.1, 0.15) is 5.54 Å². The van der Waals surface area contributed by atoms with Gasteiger partial charge in [0.05, 0.1) is 0 Å². The number of carboxylic acid groups (broad SMARTS) is 1. The molecule has 1 heterocycles. The van der Waals surface area contributed by atoms with E-state index < -0.39 is 11.5 Å². The van der Waals surface area contributed by atoms with Gasteiger partial charge in [0.25, 0.3) is 0 Å². The molecule has 0 atom stereocenters. The minimum atomic E-state index is -0.790. The molecule has 4 heteroatoms. The normalized spacial score (nSPS) is 18.6. The first-order chi connectivity index (χ1) is 9.66. The Morgan fingerprint density at radius 1 is 1.35 bits per heavy atom. The van der Waals surface area contributed by atoms with E-state index >= 15 is 0 Å². The lowest BCUT2D eigenvalue weighted by Gasteiger charge is -2.39. The maximum atomic E-state index is 11.5. The van der Waals surface area contributed by atoms with Crippen LogP contribution in [0.5, 0.6) is 0 Å². The van der Waals surface area contributed by atoms with Crippen LogP contribution in [0, 0.1) is 0 Å². The highest BCUT2D eigenvalue weighted by molar-refractivity contribution is 5.79. The quantitative estimate of drug-likeness (QED) is 0.778. The number of nitrogens with zero attached hydrogens (tertiary/aromatic N) is 1. The number of aliphatic carboxylic acids is 1. The van der Waals surface area contributed by atoms with Crippen LogP contribution in [0.1, 0.15) is 18.4 Å². The smallest absolute Gasteiger partial charge is 0.324 e. The van der Waals surface area contributed by atoms with Crippen LogP contribution < -0.4 is 5.32 Å². The molecule has 1 aliphatic heterocycles. The zero-order chi connectivity index (χ0) is 14.4. The van der Waals surface area contributed by atoms with Crippen molar-refractivity contribution in [2.45, 2.75) is 24.9 Å². The summed E-state index contributed by atoms with van der Waals surface area (Å²) in [7, 11) is 0. The first-order valence-electron chi connectivity index (χ1n) is 7.02. The molecule has 4 nitrogen and oxygen atoms in total. The Bertz CT molecular complexity index is 451. The van der Waals surface area contributed by atoms with Crippen molar-refractivity contribution in [1.82, 2.24) is 10.2 Å². The van der Waals surface area contributed by atoms with Gasteiger partial charge in [-0.25, -0.2) is 0 Å². The van der Waals surface area contributed by atoms with Crippen molar-refractivity contribution in [2.24, 2.45) is 0 Å². The molecule has 1 aromatic carbocycles. The van der Waals surface area contributed by atoms with Gasteiger partial charge in [0, 0.05) is 26.2 Å². The maximum Gasteiger partial charge on any atom is 0.324 e. The van der Waals surface area contributed by atoms with Crippen molar-refractivity contribution in [3.63, 3.8) is 0 Å². The summed E-state index contributed by atoms with van der Waals surface area (Å²) in [6.45, 7) is 6.65. The Morgan fingerprint density at radius 2 is 2.00 bits per heavy atom. The average molecular weight is 274 g/mol. The van der Waals surface area contributed by atoms with Crippen LogP contribution in [-0.2, 0) is 11.3 Å². The molecule has 1 fully saturated rings. The number of benzene rings is 1. The maximum absolute atomic E-state index is 11.5. The monoisotopic (exact) mass is 274 g/mol. The standard InChI is InChI=1S/C16H22N2O2/c1-2-10-17-16(15(19)20)8-11-18(12-9-16)13-14-6-4-3-5-7-14/h2-7,17H,1,8-13H2,(H,19,20). The molecule has 0 unspecified atom stereocenters. The van der Waals surface area contributed by atoms with Gasteiger partial charge in [-0.15, -0.1) is 6.58 Å². The summed E-state index contributed by atoms with van der Waals surface area (Å²) < 4.78 is 0. The minimum Gasteiger partial charge on any atom is -0.480 e. The fourth-order valence-corrected chi connectivity index (χ4v) is 2.67. The molecular weight excluding hydrogens is 252 g/mol. The lowest BCUT2D eigenvalue weighted by molar-refractivity contribution is -0.147. The predicted octanol–water partition coefficient (Wildman–Crippen LogP) is 1.88. The molecule has 0 bridgehead atoms. The number of rotatable bonds is 6. The highest BCUT2D eigenvalue weighted by atomic mass is 16.4. The molecule has 0 amide bonds. The molecule has 0 aliphatic carbocycles. The van der Waals surface area contributed by atoms with Crippen LogP contribution in [0.3, 0.4) is 0 Å². The largest absolute Gasteiger partial charge is 0.480 e. The number of hydrogen-bond donors (Lipinski definition) is 2. The molecule has 20 heavy (non-hydrogen) atoms. The number of piperidine rings is 1. The molecule has 2 rings (SSSR count). The predicted molar refractivity (Wildman–Crippen MR) is 79.5 cm³/mol. The summed E-state index contributed by atoms with van der Waals surface area (Å²) >= 11 is 0. The van der Waals surface area contributed by atoms with E-state index in [4.69, 9.17) is 0 Å². The third-order valence-corrected chi connectivity index (χ3v) is 3.95. The molecule has 0 aromatic heterocycles. The lowest BCUT2D eigenvalue weighted by Crippen LogP contribution is -2.58. The van der Waals surface area contributed by atoms with Crippen molar-refractivity contribution in [1.29, 1.82) is 0 Å². The SMILES string of the molecule is C=CCNC1(C(=O)O)CCN(Cc2ccccc2)CC1. The second-order valence-electron chi connectivity index (χ2n) is 5.32. The zero-order valence-electron chi connectivity index (χ0n) is 11.7. The Kier molecular flexibility index (Phi) is 4.93. The summed E-state index contributed by atoms with van der Waals surface area (Å²) in [6, 6.07) is 10.3. The van der Waals surface area contributed by atoms with E-state index in [1.165, 1.54) is 5.56 Å². The fourth-order valence-electron chi connectivity index (χ4n) is 2.67. The zero-order valence-corrected chi connectivity index (χ0v) is 11.7. The van der Waals surface area contributed by atoms with Crippen LogP contribution in [-0.4, -0.2) is 41.1 Å². The first kappa shape index (κ1) is 14.8. The van der Waals surface area contributed by atoms with Crippen molar-refractivity contribution < 1.29 is 9.90 Å². The summed E-state index contributed by atoms with van der Waals surface area (Å²) in [5.41, 5.74) is 0.482. The highest BCUT2D eigenvalue weighted by Gasteiger charge is 2.40. The average Bonchev–Trinajstić information content (AvgIpc) is 2.47. The lowest BCUT2D eigenvalue weighted by atomic mass is 9.87. The van der Waals surface area contributed by atoms with Crippen molar-refractivity contribution in [3.05, 3.63) is 48.6 Å². The topological polar surface area (TPSA) is 52.6 Å². The fraction of sp³-hybridized carbons (Fsp3) is 0.438. The molecule has 1 aliphatic rings.